The zero-order valence-electron chi connectivity index (χ0n) is 17.5. The van der Waals surface area contributed by atoms with E-state index in [-0.39, 0.29) is 0 Å². The second kappa shape index (κ2) is 7.52. The van der Waals surface area contributed by atoms with Gasteiger partial charge in [0.1, 0.15) is 11.0 Å². The van der Waals surface area contributed by atoms with Crippen molar-refractivity contribution in [1.29, 1.82) is 0 Å². The van der Waals surface area contributed by atoms with Crippen LogP contribution < -0.4 is 0 Å². The largest absolute Gasteiger partial charge is 0.436 e. The Morgan fingerprint density at radius 2 is 1.18 bits per heavy atom. The molecular formula is C28H14Br2N2O2. The van der Waals surface area contributed by atoms with Crippen molar-refractivity contribution in [1.82, 2.24) is 9.97 Å². The fourth-order valence-electron chi connectivity index (χ4n) is 4.48. The highest BCUT2D eigenvalue weighted by Gasteiger charge is 2.17. The molecular weight excluding hydrogens is 556 g/mol. The summed E-state index contributed by atoms with van der Waals surface area (Å²) in [6, 6.07) is 28.2. The summed E-state index contributed by atoms with van der Waals surface area (Å²) >= 11 is 7.47. The van der Waals surface area contributed by atoms with Crippen molar-refractivity contribution in [2.45, 2.75) is 0 Å². The first-order valence-corrected chi connectivity index (χ1v) is 12.3. The number of rotatable bonds is 2. The molecule has 0 saturated carbocycles. The molecule has 0 unspecified atom stereocenters. The number of para-hydroxylation sites is 4. The van der Waals surface area contributed by atoms with E-state index >= 15 is 0 Å². The Hall–Kier alpha value is -3.48. The zero-order chi connectivity index (χ0) is 22.8. The standard InChI is InChI=1S/C28H14Br2N2O2/c29-16-13-20-17(21(14-16)28-32-24-6-2-4-8-26(24)34-28)9-10-18-19(20)11-15(12-22(18)30)27-31-23-5-1-3-7-25(23)33-27/h1-14H. The lowest BCUT2D eigenvalue weighted by Gasteiger charge is -2.11. The molecule has 0 aliphatic carbocycles. The van der Waals surface area contributed by atoms with Gasteiger partial charge in [0.2, 0.25) is 11.8 Å². The van der Waals surface area contributed by atoms with Crippen LogP contribution in [0.5, 0.6) is 0 Å². The average Bonchev–Trinajstić information content (AvgIpc) is 3.48. The Bertz CT molecular complexity index is 1840. The summed E-state index contributed by atoms with van der Waals surface area (Å²) in [5, 5.41) is 4.34. The lowest BCUT2D eigenvalue weighted by Crippen LogP contribution is -1.87. The van der Waals surface area contributed by atoms with Gasteiger partial charge in [-0.3, -0.25) is 0 Å². The second-order valence-electron chi connectivity index (χ2n) is 8.14. The Morgan fingerprint density at radius 3 is 1.91 bits per heavy atom. The summed E-state index contributed by atoms with van der Waals surface area (Å²) in [6.07, 6.45) is 0. The first-order chi connectivity index (χ1) is 16.6. The van der Waals surface area contributed by atoms with Crippen LogP contribution in [-0.4, -0.2) is 9.97 Å². The summed E-state index contributed by atoms with van der Waals surface area (Å²) in [7, 11) is 0. The molecule has 0 radical (unpaired) electrons. The van der Waals surface area contributed by atoms with Gasteiger partial charge < -0.3 is 8.83 Å². The summed E-state index contributed by atoms with van der Waals surface area (Å²) < 4.78 is 14.1. The molecule has 7 aromatic rings. The van der Waals surface area contributed by atoms with Gasteiger partial charge in [-0.15, -0.1) is 0 Å². The number of benzene rings is 5. The van der Waals surface area contributed by atoms with Crippen molar-refractivity contribution in [2.75, 3.05) is 0 Å². The highest BCUT2D eigenvalue weighted by atomic mass is 79.9. The first kappa shape index (κ1) is 19.9. The fraction of sp³-hybridized carbons (Fsp3) is 0. The third kappa shape index (κ3) is 3.10. The highest BCUT2D eigenvalue weighted by Crippen LogP contribution is 2.40. The fourth-order valence-corrected chi connectivity index (χ4v) is 5.53. The maximum absolute atomic E-state index is 6.11. The van der Waals surface area contributed by atoms with Crippen LogP contribution in [0.4, 0.5) is 0 Å². The van der Waals surface area contributed by atoms with Crippen molar-refractivity contribution >= 4 is 75.6 Å². The molecule has 34 heavy (non-hydrogen) atoms. The van der Waals surface area contributed by atoms with Gasteiger partial charge in [0, 0.05) is 20.1 Å². The van der Waals surface area contributed by atoms with Gasteiger partial charge in [0.15, 0.2) is 11.2 Å². The van der Waals surface area contributed by atoms with Crippen LogP contribution >= 0.6 is 31.9 Å². The average molecular weight is 570 g/mol. The molecule has 0 N–H and O–H groups in total. The van der Waals surface area contributed by atoms with Gasteiger partial charge in [-0.1, -0.05) is 68.3 Å². The van der Waals surface area contributed by atoms with Crippen LogP contribution in [0, 0.1) is 0 Å². The molecule has 0 fully saturated rings. The summed E-state index contributed by atoms with van der Waals surface area (Å²) in [6.45, 7) is 0. The van der Waals surface area contributed by atoms with Crippen LogP contribution in [0.1, 0.15) is 0 Å². The first-order valence-electron chi connectivity index (χ1n) is 10.7. The molecule has 162 valence electrons. The van der Waals surface area contributed by atoms with E-state index in [0.29, 0.717) is 11.8 Å². The molecule has 7 rings (SSSR count). The number of nitrogens with zero attached hydrogens (tertiary/aromatic N) is 2. The van der Waals surface area contributed by atoms with Gasteiger partial charge in [-0.2, -0.15) is 0 Å². The van der Waals surface area contributed by atoms with Crippen LogP contribution in [0.3, 0.4) is 0 Å². The van der Waals surface area contributed by atoms with E-state index in [1.54, 1.807) is 0 Å². The smallest absolute Gasteiger partial charge is 0.227 e. The maximum atomic E-state index is 6.11. The maximum Gasteiger partial charge on any atom is 0.227 e. The molecule has 2 heterocycles. The van der Waals surface area contributed by atoms with Crippen molar-refractivity contribution in [2.24, 2.45) is 0 Å². The lowest BCUT2D eigenvalue weighted by molar-refractivity contribution is 0.619. The van der Waals surface area contributed by atoms with E-state index in [9.17, 15) is 0 Å². The van der Waals surface area contributed by atoms with E-state index in [0.717, 1.165) is 63.8 Å². The number of fused-ring (bicyclic) bond motifs is 5. The van der Waals surface area contributed by atoms with E-state index in [2.05, 4.69) is 68.3 Å². The van der Waals surface area contributed by atoms with E-state index < -0.39 is 0 Å². The number of hydrogen-bond acceptors (Lipinski definition) is 4. The quantitative estimate of drug-likeness (QED) is 0.195. The van der Waals surface area contributed by atoms with Gasteiger partial charge in [0.25, 0.3) is 0 Å². The normalized spacial score (nSPS) is 11.8. The topological polar surface area (TPSA) is 52.1 Å². The molecule has 6 heteroatoms. The Balaban J connectivity index is 1.51. The predicted molar refractivity (Wildman–Crippen MR) is 143 cm³/mol. The molecule has 0 aliphatic rings. The van der Waals surface area contributed by atoms with Crippen molar-refractivity contribution < 1.29 is 8.83 Å². The zero-order valence-corrected chi connectivity index (χ0v) is 20.7. The van der Waals surface area contributed by atoms with Gasteiger partial charge in [-0.25, -0.2) is 9.97 Å². The van der Waals surface area contributed by atoms with Gasteiger partial charge >= 0.3 is 0 Å². The molecule has 0 spiro atoms. The molecule has 0 bridgehead atoms. The minimum absolute atomic E-state index is 0.593. The van der Waals surface area contributed by atoms with Crippen LogP contribution in [0.15, 0.2) is 103 Å². The van der Waals surface area contributed by atoms with Gasteiger partial charge in [-0.05, 0) is 70.1 Å². The predicted octanol–water partition coefficient (Wildman–Crippen LogP) is 9.13. The SMILES string of the molecule is Brc1cc(-c2nc3ccccc3o2)c2ccc3c(Br)cc(-c4nc5ccccc5o4)cc3c2c1. The van der Waals surface area contributed by atoms with Gasteiger partial charge in [0.05, 0.1) is 0 Å². The molecule has 4 nitrogen and oxygen atoms in total. The molecule has 0 aliphatic heterocycles. The van der Waals surface area contributed by atoms with Crippen LogP contribution in [-0.2, 0) is 0 Å². The molecule has 5 aromatic carbocycles. The Labute approximate surface area is 210 Å². The number of halogens is 2. The monoisotopic (exact) mass is 568 g/mol. The van der Waals surface area contributed by atoms with Crippen LogP contribution in [0.25, 0.3) is 66.7 Å². The van der Waals surface area contributed by atoms with Crippen molar-refractivity contribution in [3.63, 3.8) is 0 Å². The molecule has 2 aromatic heterocycles. The highest BCUT2D eigenvalue weighted by molar-refractivity contribution is 9.11. The third-order valence-electron chi connectivity index (χ3n) is 6.05. The summed E-state index contributed by atoms with van der Waals surface area (Å²) in [5.41, 5.74) is 5.07. The third-order valence-corrected chi connectivity index (χ3v) is 7.16. The van der Waals surface area contributed by atoms with E-state index in [4.69, 9.17) is 18.8 Å². The Kier molecular flexibility index (Phi) is 4.41. The number of aromatic nitrogens is 2. The minimum Gasteiger partial charge on any atom is -0.436 e. The summed E-state index contributed by atoms with van der Waals surface area (Å²) in [5.74, 6) is 1.19. The Morgan fingerprint density at radius 1 is 0.559 bits per heavy atom. The van der Waals surface area contributed by atoms with Crippen molar-refractivity contribution in [3.8, 4) is 22.9 Å². The molecule has 0 atom stereocenters. The molecule has 0 saturated heterocycles. The number of oxazole rings is 2. The van der Waals surface area contributed by atoms with Crippen LogP contribution in [0.2, 0.25) is 0 Å². The van der Waals surface area contributed by atoms with E-state index in [1.165, 1.54) is 0 Å². The lowest BCUT2D eigenvalue weighted by atomic mass is 9.97. The van der Waals surface area contributed by atoms with E-state index in [1.807, 2.05) is 48.5 Å². The molecule has 0 amide bonds. The minimum atomic E-state index is 0.593. The number of hydrogen-bond donors (Lipinski definition) is 0. The second-order valence-corrected chi connectivity index (χ2v) is 9.91. The van der Waals surface area contributed by atoms with Crippen molar-refractivity contribution in [3.05, 3.63) is 93.9 Å². The summed E-state index contributed by atoms with van der Waals surface area (Å²) in [4.78, 5) is 9.44.